The number of carbonyl (C=O) groups excluding carboxylic acids is 1. The van der Waals surface area contributed by atoms with Crippen LogP contribution in [0.3, 0.4) is 0 Å². The average molecular weight is 307 g/mol. The second-order valence-electron chi connectivity index (χ2n) is 5.25. The molecule has 1 aromatic carbocycles. The molecule has 1 atom stereocenters. The van der Waals surface area contributed by atoms with Gasteiger partial charge in [-0.05, 0) is 18.4 Å². The highest BCUT2D eigenvalue weighted by Crippen LogP contribution is 2.20. The molecule has 1 aliphatic heterocycles. The summed E-state index contributed by atoms with van der Waals surface area (Å²) in [7, 11) is 0. The van der Waals surface area contributed by atoms with Crippen molar-refractivity contribution < 1.29 is 14.7 Å². The Labute approximate surface area is 129 Å². The number of hydrogen-bond acceptors (Lipinski definition) is 3. The molecule has 1 N–H and O–H groups in total. The molecule has 0 saturated carbocycles. The third kappa shape index (κ3) is 5.08. The lowest BCUT2D eigenvalue weighted by Crippen LogP contribution is -2.47. The van der Waals surface area contributed by atoms with Gasteiger partial charge in [0, 0.05) is 24.5 Å². The van der Waals surface area contributed by atoms with Gasteiger partial charge in [0.05, 0.1) is 12.5 Å². The van der Waals surface area contributed by atoms with Gasteiger partial charge in [0.2, 0.25) is 5.91 Å². The molecule has 114 valence electrons. The molecule has 5 heteroatoms. The molecule has 4 nitrogen and oxygen atoms in total. The second-order valence-corrected chi connectivity index (χ2v) is 6.40. The summed E-state index contributed by atoms with van der Waals surface area (Å²) >= 11 is 1.73. The van der Waals surface area contributed by atoms with Crippen molar-refractivity contribution in [3.8, 4) is 0 Å². The molecule has 1 unspecified atom stereocenters. The molecule has 1 amide bonds. The van der Waals surface area contributed by atoms with Gasteiger partial charge < -0.3 is 10.0 Å². The molecule has 1 fully saturated rings. The number of rotatable bonds is 6. The minimum atomic E-state index is -0.829. The van der Waals surface area contributed by atoms with E-state index in [1.165, 1.54) is 5.56 Å². The van der Waals surface area contributed by atoms with Crippen LogP contribution in [0.15, 0.2) is 30.3 Å². The third-order valence-corrected chi connectivity index (χ3v) is 4.75. The number of amides is 1. The van der Waals surface area contributed by atoms with Crippen LogP contribution < -0.4 is 0 Å². The highest BCUT2D eigenvalue weighted by atomic mass is 32.2. The Balaban J connectivity index is 1.81. The third-order valence-electron chi connectivity index (χ3n) is 3.66. The average Bonchev–Trinajstić information content (AvgIpc) is 2.48. The first-order chi connectivity index (χ1) is 10.2. The topological polar surface area (TPSA) is 57.6 Å². The van der Waals surface area contributed by atoms with Gasteiger partial charge in [0.25, 0.3) is 0 Å². The van der Waals surface area contributed by atoms with Gasteiger partial charge in [-0.3, -0.25) is 9.59 Å². The van der Waals surface area contributed by atoms with E-state index < -0.39 is 5.97 Å². The van der Waals surface area contributed by atoms with Crippen molar-refractivity contribution in [2.24, 2.45) is 0 Å². The van der Waals surface area contributed by atoms with E-state index in [1.54, 1.807) is 16.7 Å². The van der Waals surface area contributed by atoms with E-state index in [0.29, 0.717) is 13.0 Å². The molecule has 0 aromatic heterocycles. The molecular weight excluding hydrogens is 286 g/mol. The molecule has 0 spiro atoms. The molecule has 1 saturated heterocycles. The lowest BCUT2D eigenvalue weighted by molar-refractivity contribution is -0.140. The van der Waals surface area contributed by atoms with Crippen molar-refractivity contribution in [1.29, 1.82) is 0 Å². The lowest BCUT2D eigenvalue weighted by Gasteiger charge is -2.34. The standard InChI is InChI=1S/C16H21NO3S/c18-15(8-4-7-13-5-2-1-3-6-13)17-9-10-21-12-14(17)11-16(19)20/h1-3,5-6,14H,4,7-12H2,(H,19,20). The molecule has 1 aromatic rings. The van der Waals surface area contributed by atoms with Crippen LogP contribution in [0.25, 0.3) is 0 Å². The zero-order valence-corrected chi connectivity index (χ0v) is 12.8. The van der Waals surface area contributed by atoms with Crippen LogP contribution >= 0.6 is 11.8 Å². The summed E-state index contributed by atoms with van der Waals surface area (Å²) in [5.41, 5.74) is 1.24. The van der Waals surface area contributed by atoms with Crippen LogP contribution in [-0.4, -0.2) is 46.0 Å². The number of nitrogens with zero attached hydrogens (tertiary/aromatic N) is 1. The highest BCUT2D eigenvalue weighted by Gasteiger charge is 2.28. The first-order valence-corrected chi connectivity index (χ1v) is 8.45. The fourth-order valence-electron chi connectivity index (χ4n) is 2.59. The summed E-state index contributed by atoms with van der Waals surface area (Å²) in [6.45, 7) is 0.673. The zero-order valence-electron chi connectivity index (χ0n) is 12.0. The van der Waals surface area contributed by atoms with E-state index >= 15 is 0 Å². The van der Waals surface area contributed by atoms with Crippen LogP contribution in [0, 0.1) is 0 Å². The van der Waals surface area contributed by atoms with E-state index in [1.807, 2.05) is 18.2 Å². The number of thioether (sulfide) groups is 1. The molecule has 0 radical (unpaired) electrons. The smallest absolute Gasteiger partial charge is 0.305 e. The van der Waals surface area contributed by atoms with E-state index in [-0.39, 0.29) is 18.4 Å². The first kappa shape index (κ1) is 15.9. The van der Waals surface area contributed by atoms with Crippen LogP contribution in [0.2, 0.25) is 0 Å². The molecule has 2 rings (SSSR count). The van der Waals surface area contributed by atoms with Gasteiger partial charge in [-0.2, -0.15) is 11.8 Å². The largest absolute Gasteiger partial charge is 0.481 e. The maximum atomic E-state index is 12.3. The predicted octanol–water partition coefficient (Wildman–Crippen LogP) is 2.43. The monoisotopic (exact) mass is 307 g/mol. The van der Waals surface area contributed by atoms with Gasteiger partial charge >= 0.3 is 5.97 Å². The summed E-state index contributed by atoms with van der Waals surface area (Å²) in [5, 5.41) is 8.94. The summed E-state index contributed by atoms with van der Waals surface area (Å²) in [4.78, 5) is 25.0. The van der Waals surface area contributed by atoms with Crippen LogP contribution in [0.1, 0.15) is 24.8 Å². The summed E-state index contributed by atoms with van der Waals surface area (Å²) < 4.78 is 0. The number of hydrogen-bond donors (Lipinski definition) is 1. The van der Waals surface area contributed by atoms with Crippen molar-refractivity contribution in [2.45, 2.75) is 31.7 Å². The number of benzene rings is 1. The molecule has 1 heterocycles. The second kappa shape index (κ2) is 8.08. The number of aryl methyl sites for hydroxylation is 1. The lowest BCUT2D eigenvalue weighted by atomic mass is 10.1. The first-order valence-electron chi connectivity index (χ1n) is 7.30. The van der Waals surface area contributed by atoms with Gasteiger partial charge in [0.1, 0.15) is 0 Å². The van der Waals surface area contributed by atoms with Gasteiger partial charge in [-0.25, -0.2) is 0 Å². The highest BCUT2D eigenvalue weighted by molar-refractivity contribution is 7.99. The normalized spacial score (nSPS) is 18.5. The molecule has 1 aliphatic rings. The molecule has 0 aliphatic carbocycles. The number of carboxylic acid groups (broad SMARTS) is 1. The minimum Gasteiger partial charge on any atom is -0.481 e. The van der Waals surface area contributed by atoms with Gasteiger partial charge in [-0.15, -0.1) is 0 Å². The van der Waals surface area contributed by atoms with E-state index in [9.17, 15) is 9.59 Å². The van der Waals surface area contributed by atoms with Gasteiger partial charge in [-0.1, -0.05) is 30.3 Å². The zero-order chi connectivity index (χ0) is 15.1. The number of carboxylic acids is 1. The van der Waals surface area contributed by atoms with Gasteiger partial charge in [0.15, 0.2) is 0 Å². The minimum absolute atomic E-state index is 0.0530. The quantitative estimate of drug-likeness (QED) is 0.877. The summed E-state index contributed by atoms with van der Waals surface area (Å²) in [5.74, 6) is 0.902. The van der Waals surface area contributed by atoms with Crippen LogP contribution in [-0.2, 0) is 16.0 Å². The fourth-order valence-corrected chi connectivity index (χ4v) is 3.65. The molecular formula is C16H21NO3S. The number of aliphatic carboxylic acids is 1. The predicted molar refractivity (Wildman–Crippen MR) is 84.5 cm³/mol. The summed E-state index contributed by atoms with van der Waals surface area (Å²) in [6.07, 6.45) is 2.25. The van der Waals surface area contributed by atoms with E-state index in [0.717, 1.165) is 24.3 Å². The molecule has 21 heavy (non-hydrogen) atoms. The maximum absolute atomic E-state index is 12.3. The van der Waals surface area contributed by atoms with E-state index in [2.05, 4.69) is 12.1 Å². The Hall–Kier alpha value is -1.49. The Morgan fingerprint density at radius 1 is 1.29 bits per heavy atom. The van der Waals surface area contributed by atoms with Crippen LogP contribution in [0.5, 0.6) is 0 Å². The molecule has 0 bridgehead atoms. The van der Waals surface area contributed by atoms with Crippen molar-refractivity contribution in [3.63, 3.8) is 0 Å². The van der Waals surface area contributed by atoms with Crippen molar-refractivity contribution in [3.05, 3.63) is 35.9 Å². The Bertz CT molecular complexity index is 478. The summed E-state index contributed by atoms with van der Waals surface area (Å²) in [6, 6.07) is 9.97. The maximum Gasteiger partial charge on any atom is 0.305 e. The van der Waals surface area contributed by atoms with Crippen LogP contribution in [0.4, 0.5) is 0 Å². The van der Waals surface area contributed by atoms with Crippen molar-refractivity contribution >= 4 is 23.6 Å². The Kier molecular flexibility index (Phi) is 6.11. The van der Waals surface area contributed by atoms with E-state index in [4.69, 9.17) is 5.11 Å². The van der Waals surface area contributed by atoms with Crippen molar-refractivity contribution in [2.75, 3.05) is 18.1 Å². The Morgan fingerprint density at radius 3 is 2.76 bits per heavy atom. The number of carbonyl (C=O) groups is 2. The SMILES string of the molecule is O=C(O)CC1CSCCN1C(=O)CCCc1ccccc1. The Morgan fingerprint density at radius 2 is 2.05 bits per heavy atom. The fraction of sp³-hybridized carbons (Fsp3) is 0.500. The van der Waals surface area contributed by atoms with Crippen molar-refractivity contribution in [1.82, 2.24) is 4.90 Å².